The van der Waals surface area contributed by atoms with Crippen LogP contribution in [0.5, 0.6) is 0 Å². The molecule has 4 fully saturated rings. The standard InChI is InChI=1S/C48H45NO/c1-45(2)19-20-46(3,4)40-25-31(15-18-39(40)45)49(32-13-16-35-34-10-6-8-12-41(34)50-42(35)26-32)30-14-17-38-36(24-30)33-9-5-7-11-37(33)48(38)43-22-28-21-29-23-44(48)47(29,43)27-28/h5-18,24-26,28-29,43-44H,19-23,27H2,1-4H3. The van der Waals surface area contributed by atoms with Crippen molar-refractivity contribution in [2.45, 2.75) is 82.5 Å². The number of fused-ring (bicyclic) bond motifs is 12. The molecule has 2 heteroatoms. The van der Waals surface area contributed by atoms with E-state index < -0.39 is 0 Å². The SMILES string of the molecule is CC1(C)CCC(C)(C)c2cc(N(c3ccc4c(c3)-c3ccccc3C43C4CC5CC6CC3C64C5)c3ccc4c(c3)oc3ccccc34)ccc21. The summed E-state index contributed by atoms with van der Waals surface area (Å²) in [4.78, 5) is 2.51. The highest BCUT2D eigenvalue weighted by Gasteiger charge is 2.84. The lowest BCUT2D eigenvalue weighted by Crippen LogP contribution is -2.73. The Labute approximate surface area is 295 Å². The molecule has 0 radical (unpaired) electrons. The molecule has 0 amide bonds. The van der Waals surface area contributed by atoms with Crippen LogP contribution in [0.2, 0.25) is 0 Å². The van der Waals surface area contributed by atoms with Crippen molar-refractivity contribution in [3.63, 3.8) is 0 Å². The van der Waals surface area contributed by atoms with E-state index in [2.05, 4.69) is 136 Å². The Kier molecular flexibility index (Phi) is 5.08. The highest BCUT2D eigenvalue weighted by atomic mass is 16.3. The highest BCUT2D eigenvalue weighted by molar-refractivity contribution is 6.06. The van der Waals surface area contributed by atoms with E-state index in [-0.39, 0.29) is 16.2 Å². The van der Waals surface area contributed by atoms with E-state index in [4.69, 9.17) is 4.42 Å². The van der Waals surface area contributed by atoms with Crippen molar-refractivity contribution < 1.29 is 4.42 Å². The summed E-state index contributed by atoms with van der Waals surface area (Å²) >= 11 is 0. The Morgan fingerprint density at radius 2 is 1.22 bits per heavy atom. The van der Waals surface area contributed by atoms with Gasteiger partial charge in [0.2, 0.25) is 0 Å². The summed E-state index contributed by atoms with van der Waals surface area (Å²) in [6, 6.07) is 39.7. The fourth-order valence-electron chi connectivity index (χ4n) is 13.5. The molecule has 2 bridgehead atoms. The van der Waals surface area contributed by atoms with Gasteiger partial charge in [0, 0.05) is 39.3 Å². The van der Waals surface area contributed by atoms with Gasteiger partial charge in [-0.1, -0.05) is 82.3 Å². The van der Waals surface area contributed by atoms with E-state index in [1.807, 2.05) is 0 Å². The molecular formula is C48H45NO. The van der Waals surface area contributed by atoms with Crippen LogP contribution in [0, 0.1) is 29.1 Å². The molecule has 2 spiro atoms. The van der Waals surface area contributed by atoms with Crippen LogP contribution in [0.25, 0.3) is 33.1 Å². The summed E-state index contributed by atoms with van der Waals surface area (Å²) in [5, 5.41) is 2.35. The Hall–Kier alpha value is -4.30. The highest BCUT2D eigenvalue weighted by Crippen LogP contribution is 2.89. The monoisotopic (exact) mass is 651 g/mol. The number of hydrogen-bond donors (Lipinski definition) is 0. The molecule has 4 saturated carbocycles. The summed E-state index contributed by atoms with van der Waals surface area (Å²) in [6.07, 6.45) is 8.31. The molecule has 50 heavy (non-hydrogen) atoms. The van der Waals surface area contributed by atoms with Gasteiger partial charge in [-0.25, -0.2) is 0 Å². The van der Waals surface area contributed by atoms with Crippen LogP contribution in [-0.2, 0) is 16.2 Å². The molecule has 0 saturated heterocycles. The maximum atomic E-state index is 6.49. The zero-order chi connectivity index (χ0) is 33.4. The van der Waals surface area contributed by atoms with E-state index >= 15 is 0 Å². The van der Waals surface area contributed by atoms with Gasteiger partial charge < -0.3 is 9.32 Å². The van der Waals surface area contributed by atoms with Gasteiger partial charge in [-0.3, -0.25) is 0 Å². The normalized spacial score (nSPS) is 31.2. The second kappa shape index (κ2) is 8.94. The molecule has 12 rings (SSSR count). The number of furan rings is 1. The number of hydrogen-bond acceptors (Lipinski definition) is 2. The summed E-state index contributed by atoms with van der Waals surface area (Å²) < 4.78 is 6.49. The minimum absolute atomic E-state index is 0.125. The first-order valence-corrected chi connectivity index (χ1v) is 19.3. The maximum absolute atomic E-state index is 6.49. The van der Waals surface area contributed by atoms with Crippen molar-refractivity contribution in [1.29, 1.82) is 0 Å². The van der Waals surface area contributed by atoms with Gasteiger partial charge in [0.25, 0.3) is 0 Å². The zero-order valence-corrected chi connectivity index (χ0v) is 29.7. The number of anilines is 3. The van der Waals surface area contributed by atoms with Gasteiger partial charge in [0.1, 0.15) is 11.2 Å². The van der Waals surface area contributed by atoms with E-state index in [0.717, 1.165) is 40.5 Å². The number of nitrogens with zero attached hydrogens (tertiary/aromatic N) is 1. The van der Waals surface area contributed by atoms with Gasteiger partial charge in [-0.05, 0) is 154 Å². The minimum atomic E-state index is 0.125. The van der Waals surface area contributed by atoms with Crippen molar-refractivity contribution in [1.82, 2.24) is 0 Å². The van der Waals surface area contributed by atoms with Gasteiger partial charge in [-0.15, -0.1) is 0 Å². The summed E-state index contributed by atoms with van der Waals surface area (Å²) in [7, 11) is 0. The molecule has 6 aliphatic carbocycles. The second-order valence-corrected chi connectivity index (χ2v) is 18.4. The third-order valence-electron chi connectivity index (χ3n) is 15.6. The van der Waals surface area contributed by atoms with Crippen LogP contribution in [0.1, 0.15) is 88.5 Å². The van der Waals surface area contributed by atoms with Crippen molar-refractivity contribution >= 4 is 39.0 Å². The minimum Gasteiger partial charge on any atom is -0.456 e. The Balaban J connectivity index is 1.07. The molecule has 2 nitrogen and oxygen atoms in total. The van der Waals surface area contributed by atoms with E-state index in [1.54, 1.807) is 11.1 Å². The first kappa shape index (κ1) is 28.4. The van der Waals surface area contributed by atoms with Crippen LogP contribution in [-0.4, -0.2) is 0 Å². The topological polar surface area (TPSA) is 16.4 Å². The van der Waals surface area contributed by atoms with Crippen LogP contribution in [0.15, 0.2) is 108 Å². The number of benzene rings is 5. The molecule has 1 heterocycles. The van der Waals surface area contributed by atoms with Crippen molar-refractivity contribution in [3.05, 3.63) is 125 Å². The van der Waals surface area contributed by atoms with E-state index in [1.165, 1.54) is 82.9 Å². The number of para-hydroxylation sites is 1. The van der Waals surface area contributed by atoms with E-state index in [9.17, 15) is 0 Å². The Bertz CT molecular complexity index is 2460. The maximum Gasteiger partial charge on any atom is 0.137 e. The first-order valence-electron chi connectivity index (χ1n) is 19.3. The Morgan fingerprint density at radius 3 is 2.08 bits per heavy atom. The first-order chi connectivity index (χ1) is 24.2. The molecule has 5 aromatic carbocycles. The fraction of sp³-hybridized carbons (Fsp3) is 0.375. The number of rotatable bonds is 3. The molecule has 0 N–H and O–H groups in total. The average molecular weight is 652 g/mol. The van der Waals surface area contributed by atoms with Gasteiger partial charge >= 0.3 is 0 Å². The average Bonchev–Trinajstić information content (AvgIpc) is 3.84. The lowest BCUT2D eigenvalue weighted by atomic mass is 9.27. The van der Waals surface area contributed by atoms with E-state index in [0.29, 0.717) is 5.41 Å². The van der Waals surface area contributed by atoms with Crippen LogP contribution in [0.4, 0.5) is 17.1 Å². The molecule has 1 aromatic heterocycles. The molecule has 6 unspecified atom stereocenters. The van der Waals surface area contributed by atoms with Gasteiger partial charge in [0.05, 0.1) is 0 Å². The molecule has 0 aliphatic heterocycles. The van der Waals surface area contributed by atoms with Crippen LogP contribution in [0.3, 0.4) is 0 Å². The predicted octanol–water partition coefficient (Wildman–Crippen LogP) is 12.7. The molecule has 248 valence electrons. The summed E-state index contributed by atoms with van der Waals surface area (Å²) in [6.45, 7) is 9.72. The Morgan fingerprint density at radius 1 is 0.560 bits per heavy atom. The molecule has 6 aromatic rings. The third kappa shape index (κ3) is 3.16. The van der Waals surface area contributed by atoms with Crippen LogP contribution < -0.4 is 4.90 Å². The van der Waals surface area contributed by atoms with Crippen molar-refractivity contribution in [3.8, 4) is 11.1 Å². The lowest BCUT2D eigenvalue weighted by molar-refractivity contribution is -0.231. The van der Waals surface area contributed by atoms with Gasteiger partial charge in [-0.2, -0.15) is 0 Å². The quantitative estimate of drug-likeness (QED) is 0.189. The van der Waals surface area contributed by atoms with Crippen molar-refractivity contribution in [2.24, 2.45) is 29.1 Å². The fourth-order valence-corrected chi connectivity index (χ4v) is 13.5. The largest absolute Gasteiger partial charge is 0.456 e. The summed E-state index contributed by atoms with van der Waals surface area (Å²) in [5.41, 5.74) is 15.8. The summed E-state index contributed by atoms with van der Waals surface area (Å²) in [5.74, 6) is 3.61. The molecule has 6 aliphatic rings. The van der Waals surface area contributed by atoms with Gasteiger partial charge in [0.15, 0.2) is 0 Å². The molecule has 6 atom stereocenters. The third-order valence-corrected chi connectivity index (χ3v) is 15.6. The predicted molar refractivity (Wildman–Crippen MR) is 205 cm³/mol. The smallest absolute Gasteiger partial charge is 0.137 e. The molecular weight excluding hydrogens is 607 g/mol. The zero-order valence-electron chi connectivity index (χ0n) is 29.7. The van der Waals surface area contributed by atoms with Crippen molar-refractivity contribution in [2.75, 3.05) is 4.90 Å². The lowest BCUT2D eigenvalue weighted by Gasteiger charge is -2.76. The van der Waals surface area contributed by atoms with Crippen LogP contribution >= 0.6 is 0 Å². The second-order valence-electron chi connectivity index (χ2n) is 18.4.